The smallest absolute Gasteiger partial charge is 0.408 e. The van der Waals surface area contributed by atoms with E-state index >= 15 is 0 Å². The van der Waals surface area contributed by atoms with Crippen molar-refractivity contribution in [3.8, 4) is 0 Å². The van der Waals surface area contributed by atoms with Gasteiger partial charge in [-0.1, -0.05) is 12.1 Å². The molecule has 0 aromatic heterocycles. The number of rotatable bonds is 2. The topological polar surface area (TPSA) is 64.3 Å². The van der Waals surface area contributed by atoms with Crippen LogP contribution in [0.3, 0.4) is 0 Å². The minimum atomic E-state index is -0.481. The molecule has 0 aliphatic heterocycles. The molecule has 1 aromatic carbocycles. The number of nitrogens with two attached hydrogens (primary N) is 1. The lowest BCUT2D eigenvalue weighted by Gasteiger charge is -2.22. The zero-order valence-corrected chi connectivity index (χ0v) is 10.8. The number of carbonyl (C=O) groups is 1. The second kappa shape index (κ2) is 5.08. The van der Waals surface area contributed by atoms with Crippen LogP contribution in [-0.4, -0.2) is 11.7 Å². The van der Waals surface area contributed by atoms with Crippen molar-refractivity contribution in [1.82, 2.24) is 5.32 Å². The second-order valence-corrected chi connectivity index (χ2v) is 5.03. The number of ether oxygens (including phenoxy) is 1. The summed E-state index contributed by atoms with van der Waals surface area (Å²) >= 11 is 0. The van der Waals surface area contributed by atoms with Crippen molar-refractivity contribution in [3.63, 3.8) is 0 Å². The lowest BCUT2D eigenvalue weighted by atomic mass is 10.1. The molecular formula is C13H20N2O2. The lowest BCUT2D eigenvalue weighted by molar-refractivity contribution is 0.0508. The number of nitrogens with one attached hydrogen (secondary N) is 1. The summed E-state index contributed by atoms with van der Waals surface area (Å²) in [4.78, 5) is 11.6. The normalized spacial score (nSPS) is 12.9. The lowest BCUT2D eigenvalue weighted by Crippen LogP contribution is -2.34. The number of hydrogen-bond donors (Lipinski definition) is 2. The van der Waals surface area contributed by atoms with E-state index in [1.165, 1.54) is 0 Å². The predicted molar refractivity (Wildman–Crippen MR) is 68.6 cm³/mol. The maximum atomic E-state index is 11.6. The highest BCUT2D eigenvalue weighted by atomic mass is 16.6. The fourth-order valence-corrected chi connectivity index (χ4v) is 1.35. The Morgan fingerprint density at radius 3 is 2.29 bits per heavy atom. The number of hydrogen-bond acceptors (Lipinski definition) is 3. The molecule has 94 valence electrons. The molecule has 17 heavy (non-hydrogen) atoms. The Bertz CT molecular complexity index is 379. The highest BCUT2D eigenvalue weighted by Crippen LogP contribution is 2.15. The van der Waals surface area contributed by atoms with Gasteiger partial charge in [0, 0.05) is 5.69 Å². The van der Waals surface area contributed by atoms with Crippen molar-refractivity contribution in [2.75, 3.05) is 5.73 Å². The van der Waals surface area contributed by atoms with Gasteiger partial charge in [0.25, 0.3) is 0 Å². The van der Waals surface area contributed by atoms with Gasteiger partial charge in [-0.05, 0) is 45.4 Å². The van der Waals surface area contributed by atoms with Crippen LogP contribution < -0.4 is 11.1 Å². The SMILES string of the molecule is C[C@H](NC(=O)OC(C)(C)C)c1ccc(N)cc1. The summed E-state index contributed by atoms with van der Waals surface area (Å²) in [5, 5.41) is 2.77. The predicted octanol–water partition coefficient (Wildman–Crippen LogP) is 2.85. The summed E-state index contributed by atoms with van der Waals surface area (Å²) in [5.74, 6) is 0. The highest BCUT2D eigenvalue weighted by molar-refractivity contribution is 5.68. The zero-order valence-electron chi connectivity index (χ0n) is 10.8. The fourth-order valence-electron chi connectivity index (χ4n) is 1.35. The molecular weight excluding hydrogens is 216 g/mol. The summed E-state index contributed by atoms with van der Waals surface area (Å²) in [5.41, 5.74) is 6.82. The van der Waals surface area contributed by atoms with Crippen LogP contribution >= 0.6 is 0 Å². The van der Waals surface area contributed by atoms with Gasteiger partial charge >= 0.3 is 6.09 Å². The summed E-state index contributed by atoms with van der Waals surface area (Å²) in [6.45, 7) is 7.40. The van der Waals surface area contributed by atoms with E-state index in [4.69, 9.17) is 10.5 Å². The van der Waals surface area contributed by atoms with Crippen LogP contribution in [0.15, 0.2) is 24.3 Å². The van der Waals surface area contributed by atoms with Crippen molar-refractivity contribution in [3.05, 3.63) is 29.8 Å². The van der Waals surface area contributed by atoms with Gasteiger partial charge in [-0.25, -0.2) is 4.79 Å². The quantitative estimate of drug-likeness (QED) is 0.776. The van der Waals surface area contributed by atoms with E-state index in [1.807, 2.05) is 52.0 Å². The molecule has 1 amide bonds. The molecule has 0 saturated carbocycles. The van der Waals surface area contributed by atoms with Gasteiger partial charge in [-0.15, -0.1) is 0 Å². The first kappa shape index (κ1) is 13.4. The largest absolute Gasteiger partial charge is 0.444 e. The third kappa shape index (κ3) is 4.76. The molecule has 0 spiro atoms. The van der Waals surface area contributed by atoms with Gasteiger partial charge in [0.1, 0.15) is 5.60 Å². The maximum Gasteiger partial charge on any atom is 0.408 e. The third-order valence-corrected chi connectivity index (χ3v) is 2.17. The summed E-state index contributed by atoms with van der Waals surface area (Å²) in [6, 6.07) is 7.28. The highest BCUT2D eigenvalue weighted by Gasteiger charge is 2.18. The van der Waals surface area contributed by atoms with Crippen LogP contribution in [-0.2, 0) is 4.74 Å². The molecule has 0 aliphatic rings. The Kier molecular flexibility index (Phi) is 3.99. The van der Waals surface area contributed by atoms with Crippen LogP contribution in [0.4, 0.5) is 10.5 Å². The van der Waals surface area contributed by atoms with Gasteiger partial charge < -0.3 is 15.8 Å². The van der Waals surface area contributed by atoms with Crippen LogP contribution in [0.1, 0.15) is 39.3 Å². The van der Waals surface area contributed by atoms with E-state index in [0.717, 1.165) is 5.56 Å². The van der Waals surface area contributed by atoms with E-state index in [0.29, 0.717) is 5.69 Å². The Labute approximate surface area is 102 Å². The van der Waals surface area contributed by atoms with Crippen LogP contribution in [0, 0.1) is 0 Å². The first-order valence-corrected chi connectivity index (χ1v) is 5.63. The van der Waals surface area contributed by atoms with Crippen LogP contribution in [0.25, 0.3) is 0 Å². The Morgan fingerprint density at radius 1 is 1.29 bits per heavy atom. The van der Waals surface area contributed by atoms with Crippen molar-refractivity contribution in [1.29, 1.82) is 0 Å². The molecule has 1 atom stereocenters. The van der Waals surface area contributed by atoms with E-state index in [2.05, 4.69) is 5.32 Å². The van der Waals surface area contributed by atoms with Crippen molar-refractivity contribution in [2.24, 2.45) is 0 Å². The molecule has 0 bridgehead atoms. The van der Waals surface area contributed by atoms with Crippen molar-refractivity contribution >= 4 is 11.8 Å². The van der Waals surface area contributed by atoms with Gasteiger partial charge in [0.15, 0.2) is 0 Å². The van der Waals surface area contributed by atoms with E-state index < -0.39 is 11.7 Å². The molecule has 1 rings (SSSR count). The molecule has 3 N–H and O–H groups in total. The monoisotopic (exact) mass is 236 g/mol. The molecule has 0 saturated heterocycles. The van der Waals surface area contributed by atoms with Crippen molar-refractivity contribution < 1.29 is 9.53 Å². The minimum absolute atomic E-state index is 0.106. The number of nitrogen functional groups attached to an aromatic ring is 1. The van der Waals surface area contributed by atoms with E-state index in [1.54, 1.807) is 0 Å². The Balaban J connectivity index is 2.57. The maximum absolute atomic E-state index is 11.6. The molecule has 0 aliphatic carbocycles. The summed E-state index contributed by atoms with van der Waals surface area (Å²) in [6.07, 6.45) is -0.415. The minimum Gasteiger partial charge on any atom is -0.444 e. The number of alkyl carbamates (subject to hydrolysis) is 1. The van der Waals surface area contributed by atoms with E-state index in [-0.39, 0.29) is 6.04 Å². The Morgan fingerprint density at radius 2 is 1.82 bits per heavy atom. The molecule has 0 fully saturated rings. The molecule has 4 heteroatoms. The summed E-state index contributed by atoms with van der Waals surface area (Å²) in [7, 11) is 0. The third-order valence-electron chi connectivity index (χ3n) is 2.17. The molecule has 0 heterocycles. The zero-order chi connectivity index (χ0) is 13.1. The fraction of sp³-hybridized carbons (Fsp3) is 0.462. The van der Waals surface area contributed by atoms with Crippen molar-refractivity contribution in [2.45, 2.75) is 39.3 Å². The van der Waals surface area contributed by atoms with Crippen LogP contribution in [0.2, 0.25) is 0 Å². The number of anilines is 1. The first-order chi connectivity index (χ1) is 7.78. The Hall–Kier alpha value is -1.71. The standard InChI is InChI=1S/C13H20N2O2/c1-9(10-5-7-11(14)8-6-10)15-12(16)17-13(2,3)4/h5-9H,14H2,1-4H3,(H,15,16)/t9-/m0/s1. The number of carbonyl (C=O) groups excluding carboxylic acids is 1. The first-order valence-electron chi connectivity index (χ1n) is 5.63. The number of benzene rings is 1. The molecule has 4 nitrogen and oxygen atoms in total. The van der Waals surface area contributed by atoms with Crippen LogP contribution in [0.5, 0.6) is 0 Å². The van der Waals surface area contributed by atoms with Gasteiger partial charge in [-0.2, -0.15) is 0 Å². The summed E-state index contributed by atoms with van der Waals surface area (Å²) < 4.78 is 5.18. The average Bonchev–Trinajstić information content (AvgIpc) is 2.15. The molecule has 0 radical (unpaired) electrons. The molecule has 1 aromatic rings. The van der Waals surface area contributed by atoms with E-state index in [9.17, 15) is 4.79 Å². The van der Waals surface area contributed by atoms with Gasteiger partial charge in [0.05, 0.1) is 6.04 Å². The average molecular weight is 236 g/mol. The van der Waals surface area contributed by atoms with Gasteiger partial charge in [-0.3, -0.25) is 0 Å². The second-order valence-electron chi connectivity index (χ2n) is 5.03. The number of amides is 1. The molecule has 0 unspecified atom stereocenters. The van der Waals surface area contributed by atoms with Gasteiger partial charge in [0.2, 0.25) is 0 Å².